The molecule has 5 fully saturated rings. The van der Waals surface area contributed by atoms with E-state index in [4.69, 9.17) is 14.2 Å². The van der Waals surface area contributed by atoms with Gasteiger partial charge in [-0.05, 0) is 31.1 Å². The van der Waals surface area contributed by atoms with Crippen LogP contribution in [0.1, 0.15) is 39.5 Å². The first-order chi connectivity index (χ1) is 9.63. The lowest BCUT2D eigenvalue weighted by molar-refractivity contribution is -0.210. The van der Waals surface area contributed by atoms with E-state index < -0.39 is 0 Å². The molecule has 5 rings (SSSR count). The van der Waals surface area contributed by atoms with Crippen molar-refractivity contribution in [2.75, 3.05) is 6.61 Å². The van der Waals surface area contributed by atoms with Gasteiger partial charge in [0.1, 0.15) is 0 Å². The Kier molecular flexibility index (Phi) is 3.08. The van der Waals surface area contributed by atoms with Crippen molar-refractivity contribution in [2.24, 2.45) is 23.7 Å². The topological polar surface area (TPSA) is 48.1 Å². The van der Waals surface area contributed by atoms with Gasteiger partial charge in [0.15, 0.2) is 0 Å². The highest BCUT2D eigenvalue weighted by molar-refractivity contribution is 5.73. The third kappa shape index (κ3) is 2.08. The summed E-state index contributed by atoms with van der Waals surface area (Å²) in [6.45, 7) is 4.93. The first-order valence-electron chi connectivity index (χ1n) is 8.11. The average molecular weight is 280 g/mol. The van der Waals surface area contributed by atoms with Crippen molar-refractivity contribution >= 4 is 5.97 Å². The molecule has 0 spiro atoms. The van der Waals surface area contributed by atoms with Crippen molar-refractivity contribution in [3.05, 3.63) is 0 Å². The molecule has 20 heavy (non-hydrogen) atoms. The molecular formula is C16H24O4. The van der Waals surface area contributed by atoms with Crippen molar-refractivity contribution in [3.8, 4) is 0 Å². The van der Waals surface area contributed by atoms with Gasteiger partial charge in [-0.25, -0.2) is 0 Å². The molecule has 4 heteroatoms. The van der Waals surface area contributed by atoms with E-state index in [-0.39, 0.29) is 11.9 Å². The fraction of sp³-hybridized carbons (Fsp3) is 0.938. The zero-order valence-electron chi connectivity index (χ0n) is 12.3. The highest BCUT2D eigenvalue weighted by atomic mass is 16.6. The summed E-state index contributed by atoms with van der Waals surface area (Å²) in [7, 11) is 0. The normalized spacial score (nSPS) is 52.7. The fourth-order valence-corrected chi connectivity index (χ4v) is 4.38. The molecule has 0 amide bonds. The van der Waals surface area contributed by atoms with Crippen LogP contribution in [0.5, 0.6) is 0 Å². The summed E-state index contributed by atoms with van der Waals surface area (Å²) in [5, 5.41) is 0. The second kappa shape index (κ2) is 4.70. The zero-order valence-corrected chi connectivity index (χ0v) is 12.3. The van der Waals surface area contributed by atoms with Crippen LogP contribution in [0.25, 0.3) is 0 Å². The quantitative estimate of drug-likeness (QED) is 0.587. The number of hydrogen-bond donors (Lipinski definition) is 0. The lowest BCUT2D eigenvalue weighted by atomic mass is 9.73. The maximum absolute atomic E-state index is 12.3. The molecule has 0 aromatic heterocycles. The molecule has 112 valence electrons. The first-order valence-corrected chi connectivity index (χ1v) is 8.11. The summed E-state index contributed by atoms with van der Waals surface area (Å²) in [6, 6.07) is 0. The molecule has 2 bridgehead atoms. The standard InChI is InChI=1S/C16H24O4/c1-8-10(5-11-6-14(8)19-11)7-18-16(17)12-3-4-13-15(20-13)9(12)2/h8-15H,3-7H2,1-2H3. The zero-order chi connectivity index (χ0) is 13.9. The van der Waals surface area contributed by atoms with E-state index in [0.717, 1.165) is 19.3 Å². The Morgan fingerprint density at radius 3 is 2.65 bits per heavy atom. The average Bonchev–Trinajstić information content (AvgIpc) is 3.16. The molecule has 8 unspecified atom stereocenters. The second-order valence-corrected chi connectivity index (χ2v) is 7.20. The highest BCUT2D eigenvalue weighted by Gasteiger charge is 2.52. The minimum atomic E-state index is -0.00110. The van der Waals surface area contributed by atoms with E-state index in [1.54, 1.807) is 0 Å². The van der Waals surface area contributed by atoms with E-state index in [9.17, 15) is 4.79 Å². The third-order valence-corrected chi connectivity index (χ3v) is 6.04. The summed E-state index contributed by atoms with van der Waals surface area (Å²) >= 11 is 0. The maximum Gasteiger partial charge on any atom is 0.309 e. The van der Waals surface area contributed by atoms with Crippen LogP contribution in [0.3, 0.4) is 0 Å². The SMILES string of the molecule is CC1C(COC(=O)C2CCC3OC3C2C)CC2CC1O2. The van der Waals surface area contributed by atoms with Crippen LogP contribution < -0.4 is 0 Å². The van der Waals surface area contributed by atoms with Gasteiger partial charge < -0.3 is 14.2 Å². The molecule has 0 radical (unpaired) electrons. The molecule has 2 aliphatic carbocycles. The molecular weight excluding hydrogens is 256 g/mol. The Balaban J connectivity index is 1.29. The van der Waals surface area contributed by atoms with Gasteiger partial charge >= 0.3 is 5.97 Å². The number of carbonyl (C=O) groups excluding carboxylic acids is 1. The van der Waals surface area contributed by atoms with Crippen molar-refractivity contribution in [3.63, 3.8) is 0 Å². The van der Waals surface area contributed by atoms with Gasteiger partial charge in [0, 0.05) is 12.3 Å². The van der Waals surface area contributed by atoms with Gasteiger partial charge in [-0.2, -0.15) is 0 Å². The van der Waals surface area contributed by atoms with Crippen LogP contribution in [-0.4, -0.2) is 37.0 Å². The lowest BCUT2D eigenvalue weighted by Crippen LogP contribution is -2.52. The second-order valence-electron chi connectivity index (χ2n) is 7.20. The van der Waals surface area contributed by atoms with Crippen LogP contribution in [0.2, 0.25) is 0 Å². The van der Waals surface area contributed by atoms with Crippen molar-refractivity contribution in [2.45, 2.75) is 63.9 Å². The van der Waals surface area contributed by atoms with Crippen molar-refractivity contribution in [1.29, 1.82) is 0 Å². The van der Waals surface area contributed by atoms with Gasteiger partial charge in [-0.15, -0.1) is 0 Å². The van der Waals surface area contributed by atoms with Gasteiger partial charge in [0.2, 0.25) is 0 Å². The van der Waals surface area contributed by atoms with E-state index in [1.165, 1.54) is 6.42 Å². The summed E-state index contributed by atoms with van der Waals surface area (Å²) in [4.78, 5) is 12.3. The predicted octanol–water partition coefficient (Wildman–Crippen LogP) is 2.16. The maximum atomic E-state index is 12.3. The number of epoxide rings is 1. The molecule has 2 saturated carbocycles. The van der Waals surface area contributed by atoms with Crippen LogP contribution in [0.15, 0.2) is 0 Å². The largest absolute Gasteiger partial charge is 0.465 e. The molecule has 3 saturated heterocycles. The molecule has 0 N–H and O–H groups in total. The molecule has 3 heterocycles. The number of esters is 1. The minimum Gasteiger partial charge on any atom is -0.465 e. The smallest absolute Gasteiger partial charge is 0.309 e. The molecule has 5 aliphatic rings. The van der Waals surface area contributed by atoms with Crippen LogP contribution in [-0.2, 0) is 19.0 Å². The Labute approximate surface area is 120 Å². The highest BCUT2D eigenvalue weighted by Crippen LogP contribution is 2.45. The van der Waals surface area contributed by atoms with E-state index >= 15 is 0 Å². The minimum absolute atomic E-state index is 0.00110. The molecule has 8 atom stereocenters. The summed E-state index contributed by atoms with van der Waals surface area (Å²) in [6.07, 6.45) is 5.78. The number of carbonyl (C=O) groups is 1. The van der Waals surface area contributed by atoms with Gasteiger partial charge in [-0.3, -0.25) is 4.79 Å². The summed E-state index contributed by atoms with van der Waals surface area (Å²) in [5.41, 5.74) is 0. The monoisotopic (exact) mass is 280 g/mol. The van der Waals surface area contributed by atoms with Crippen LogP contribution in [0, 0.1) is 23.7 Å². The molecule has 0 aromatic carbocycles. The first kappa shape index (κ1) is 13.1. The molecule has 4 nitrogen and oxygen atoms in total. The van der Waals surface area contributed by atoms with E-state index in [1.807, 2.05) is 0 Å². The van der Waals surface area contributed by atoms with E-state index in [0.29, 0.717) is 48.8 Å². The molecule has 3 aliphatic heterocycles. The Morgan fingerprint density at radius 2 is 1.90 bits per heavy atom. The molecule has 0 aromatic rings. The van der Waals surface area contributed by atoms with Gasteiger partial charge in [0.25, 0.3) is 0 Å². The summed E-state index contributed by atoms with van der Waals surface area (Å²) in [5.74, 6) is 1.37. The lowest BCUT2D eigenvalue weighted by Gasteiger charge is -2.49. The Hall–Kier alpha value is -0.610. The third-order valence-electron chi connectivity index (χ3n) is 6.04. The van der Waals surface area contributed by atoms with Gasteiger partial charge in [-0.1, -0.05) is 13.8 Å². The summed E-state index contributed by atoms with van der Waals surface area (Å²) < 4.78 is 16.9. The number of ether oxygens (including phenoxy) is 3. The van der Waals surface area contributed by atoms with E-state index in [2.05, 4.69) is 13.8 Å². The predicted molar refractivity (Wildman–Crippen MR) is 72.1 cm³/mol. The number of hydrogen-bond acceptors (Lipinski definition) is 4. The number of fused-ring (bicyclic) bond motifs is 3. The van der Waals surface area contributed by atoms with Crippen molar-refractivity contribution < 1.29 is 19.0 Å². The van der Waals surface area contributed by atoms with Crippen molar-refractivity contribution in [1.82, 2.24) is 0 Å². The van der Waals surface area contributed by atoms with Crippen LogP contribution >= 0.6 is 0 Å². The number of rotatable bonds is 3. The van der Waals surface area contributed by atoms with Gasteiger partial charge in [0.05, 0.1) is 36.9 Å². The fourth-order valence-electron chi connectivity index (χ4n) is 4.38. The Bertz CT molecular complexity index is 403. The van der Waals surface area contributed by atoms with Crippen LogP contribution in [0.4, 0.5) is 0 Å². The Morgan fingerprint density at radius 1 is 1.10 bits per heavy atom.